The van der Waals surface area contributed by atoms with Crippen LogP contribution in [0.15, 0.2) is 12.7 Å². The Bertz CT molecular complexity index is 357. The van der Waals surface area contributed by atoms with Gasteiger partial charge in [0, 0.05) is 6.42 Å². The molecule has 0 heterocycles. The Labute approximate surface area is 130 Å². The molecule has 1 N–H and O–H groups in total. The van der Waals surface area contributed by atoms with E-state index in [0.717, 1.165) is 0 Å². The smallest absolute Gasteiger partial charge is 0.360 e. The molecule has 0 aliphatic heterocycles. The third-order valence-corrected chi connectivity index (χ3v) is 12.5. The summed E-state index contributed by atoms with van der Waals surface area (Å²) in [5.41, 5.74) is 0. The Hall–Kier alpha value is -0.299. The van der Waals surface area contributed by atoms with Gasteiger partial charge in [-0.15, -0.1) is 6.58 Å². The van der Waals surface area contributed by atoms with E-state index in [4.69, 9.17) is 22.8 Å². The number of carboxylic acids is 1. The van der Waals surface area contributed by atoms with Crippen molar-refractivity contribution in [3.05, 3.63) is 12.7 Å². The van der Waals surface area contributed by atoms with Crippen LogP contribution in [0.2, 0.25) is 45.3 Å². The molecule has 0 spiro atoms. The molecule has 0 saturated carbocycles. The van der Waals surface area contributed by atoms with E-state index in [-0.39, 0.29) is 6.42 Å². The fourth-order valence-electron chi connectivity index (χ4n) is 1.98. The third-order valence-electron chi connectivity index (χ3n) is 2.40. The minimum atomic E-state index is -2.45. The lowest BCUT2D eigenvalue weighted by atomic mass is 10.5. The molecule has 21 heavy (non-hydrogen) atoms. The standard InChI is InChI=1S/C12H28O6Si3/c1-8-10-15-16-20(4,5)18-21(6,7)17-19(2,3)11-9-12(13)14/h8H,1,9-11H2,2-7H3,(H,13,14). The summed E-state index contributed by atoms with van der Waals surface area (Å²) in [6, 6.07) is 0.567. The van der Waals surface area contributed by atoms with Gasteiger partial charge in [0.25, 0.3) is 0 Å². The summed E-state index contributed by atoms with van der Waals surface area (Å²) in [6.07, 6.45) is 1.73. The minimum Gasteiger partial charge on any atom is -0.481 e. The van der Waals surface area contributed by atoms with E-state index < -0.39 is 31.4 Å². The van der Waals surface area contributed by atoms with Crippen molar-refractivity contribution in [2.24, 2.45) is 0 Å². The van der Waals surface area contributed by atoms with Crippen LogP contribution in [0, 0.1) is 0 Å². The SMILES string of the molecule is C=CCOO[Si](C)(C)O[Si](C)(C)O[Si](C)(C)CCC(=O)O. The van der Waals surface area contributed by atoms with E-state index >= 15 is 0 Å². The first-order chi connectivity index (χ1) is 9.39. The molecule has 0 amide bonds. The van der Waals surface area contributed by atoms with Crippen LogP contribution in [-0.4, -0.2) is 43.1 Å². The maximum absolute atomic E-state index is 10.7. The maximum atomic E-state index is 10.7. The van der Waals surface area contributed by atoms with E-state index in [9.17, 15) is 4.79 Å². The van der Waals surface area contributed by atoms with Crippen LogP contribution in [0.1, 0.15) is 6.42 Å². The van der Waals surface area contributed by atoms with Crippen LogP contribution in [0.4, 0.5) is 0 Å². The van der Waals surface area contributed by atoms with Crippen molar-refractivity contribution in [2.75, 3.05) is 6.61 Å². The van der Waals surface area contributed by atoms with E-state index in [0.29, 0.717) is 12.7 Å². The lowest BCUT2D eigenvalue weighted by molar-refractivity contribution is -0.217. The van der Waals surface area contributed by atoms with E-state index in [2.05, 4.69) is 6.58 Å². The lowest BCUT2D eigenvalue weighted by Crippen LogP contribution is -2.53. The molecule has 0 aliphatic rings. The zero-order chi connectivity index (χ0) is 16.7. The summed E-state index contributed by atoms with van der Waals surface area (Å²) < 4.78 is 17.6. The minimum absolute atomic E-state index is 0.128. The molecule has 0 rings (SSSR count). The molecule has 0 aromatic rings. The summed E-state index contributed by atoms with van der Waals surface area (Å²) in [7, 11) is -6.93. The van der Waals surface area contributed by atoms with Gasteiger partial charge in [-0.25, -0.2) is 4.89 Å². The molecule has 0 radical (unpaired) electrons. The van der Waals surface area contributed by atoms with Crippen LogP contribution in [-0.2, 0) is 22.5 Å². The largest absolute Gasteiger partial charge is 0.481 e. The average molecular weight is 353 g/mol. The van der Waals surface area contributed by atoms with Gasteiger partial charge in [-0.05, 0) is 45.3 Å². The summed E-state index contributed by atoms with van der Waals surface area (Å²) in [5, 5.41) is 8.79. The second kappa shape index (κ2) is 8.36. The molecule has 0 atom stereocenters. The predicted molar refractivity (Wildman–Crippen MR) is 88.9 cm³/mol. The Kier molecular flexibility index (Phi) is 8.24. The van der Waals surface area contributed by atoms with Gasteiger partial charge in [-0.1, -0.05) is 6.08 Å². The number of hydrogen-bond donors (Lipinski definition) is 1. The van der Waals surface area contributed by atoms with Crippen molar-refractivity contribution < 1.29 is 27.6 Å². The highest BCUT2D eigenvalue weighted by molar-refractivity contribution is 6.86. The first-order valence-electron chi connectivity index (χ1n) is 6.93. The molecule has 6 nitrogen and oxygen atoms in total. The Balaban J connectivity index is 4.51. The van der Waals surface area contributed by atoms with Crippen molar-refractivity contribution >= 4 is 31.4 Å². The van der Waals surface area contributed by atoms with Crippen LogP contribution in [0.5, 0.6) is 0 Å². The highest BCUT2D eigenvalue weighted by Gasteiger charge is 2.41. The van der Waals surface area contributed by atoms with Gasteiger partial charge in [0.15, 0.2) is 8.32 Å². The molecule has 0 bridgehead atoms. The second-order valence-corrected chi connectivity index (χ2v) is 17.7. The van der Waals surface area contributed by atoms with Gasteiger partial charge in [0.05, 0.1) is 6.61 Å². The normalized spacial score (nSPS) is 13.2. The van der Waals surface area contributed by atoms with Gasteiger partial charge >= 0.3 is 23.1 Å². The highest BCUT2D eigenvalue weighted by Crippen LogP contribution is 2.24. The molecular weight excluding hydrogens is 324 g/mol. The summed E-state index contributed by atoms with van der Waals surface area (Å²) in [4.78, 5) is 15.7. The van der Waals surface area contributed by atoms with Crippen molar-refractivity contribution in [1.82, 2.24) is 0 Å². The van der Waals surface area contributed by atoms with Gasteiger partial charge in [-0.3, -0.25) is 9.37 Å². The van der Waals surface area contributed by atoms with Crippen molar-refractivity contribution in [3.63, 3.8) is 0 Å². The zero-order valence-electron chi connectivity index (χ0n) is 13.9. The molecule has 9 heteroatoms. The first kappa shape index (κ1) is 20.7. The Morgan fingerprint density at radius 2 is 1.67 bits per heavy atom. The summed E-state index contributed by atoms with van der Waals surface area (Å²) in [5.74, 6) is -0.796. The first-order valence-corrected chi connectivity index (χ1v) is 15.7. The molecule has 0 fully saturated rings. The molecule has 0 aromatic carbocycles. The maximum Gasteiger partial charge on any atom is 0.360 e. The fourth-order valence-corrected chi connectivity index (χ4v) is 14.3. The number of carboxylic acid groups (broad SMARTS) is 1. The van der Waals surface area contributed by atoms with E-state index in [1.165, 1.54) is 0 Å². The molecular formula is C12H28O6Si3. The van der Waals surface area contributed by atoms with Crippen LogP contribution in [0.25, 0.3) is 0 Å². The van der Waals surface area contributed by atoms with Crippen molar-refractivity contribution in [3.8, 4) is 0 Å². The number of rotatable bonds is 11. The van der Waals surface area contributed by atoms with E-state index in [1.807, 2.05) is 39.3 Å². The third kappa shape index (κ3) is 11.0. The van der Waals surface area contributed by atoms with Gasteiger partial charge < -0.3 is 13.3 Å². The topological polar surface area (TPSA) is 74.2 Å². The summed E-state index contributed by atoms with van der Waals surface area (Å²) >= 11 is 0. The zero-order valence-corrected chi connectivity index (χ0v) is 16.9. The van der Waals surface area contributed by atoms with Crippen molar-refractivity contribution in [2.45, 2.75) is 51.7 Å². The van der Waals surface area contributed by atoms with Gasteiger partial charge in [0.1, 0.15) is 0 Å². The summed E-state index contributed by atoms with van der Waals surface area (Å²) in [6.45, 7) is 15.6. The van der Waals surface area contributed by atoms with Gasteiger partial charge in [-0.2, -0.15) is 0 Å². The van der Waals surface area contributed by atoms with Crippen LogP contribution in [0.3, 0.4) is 0 Å². The monoisotopic (exact) mass is 352 g/mol. The van der Waals surface area contributed by atoms with Crippen LogP contribution < -0.4 is 0 Å². The molecule has 124 valence electrons. The average Bonchev–Trinajstić information content (AvgIpc) is 2.23. The van der Waals surface area contributed by atoms with Crippen molar-refractivity contribution in [1.29, 1.82) is 0 Å². The van der Waals surface area contributed by atoms with E-state index in [1.54, 1.807) is 6.08 Å². The fraction of sp³-hybridized carbons (Fsp3) is 0.750. The molecule has 0 saturated heterocycles. The van der Waals surface area contributed by atoms with Crippen LogP contribution >= 0.6 is 0 Å². The Morgan fingerprint density at radius 1 is 1.10 bits per heavy atom. The number of aliphatic carboxylic acids is 1. The highest BCUT2D eigenvalue weighted by atomic mass is 28.5. The predicted octanol–water partition coefficient (Wildman–Crippen LogP) is 3.24. The Morgan fingerprint density at radius 3 is 2.14 bits per heavy atom. The molecule has 0 unspecified atom stereocenters. The second-order valence-electron chi connectivity index (χ2n) is 6.31. The number of hydrogen-bond acceptors (Lipinski definition) is 5. The molecule has 0 aliphatic carbocycles. The molecule has 0 aromatic heterocycles. The quantitative estimate of drug-likeness (QED) is 0.202. The van der Waals surface area contributed by atoms with Gasteiger partial charge in [0.2, 0.25) is 0 Å². The number of carbonyl (C=O) groups is 1. The lowest BCUT2D eigenvalue weighted by Gasteiger charge is -2.37.